The summed E-state index contributed by atoms with van der Waals surface area (Å²) in [5, 5.41) is 28.3. The van der Waals surface area contributed by atoms with E-state index in [1.165, 1.54) is 25.6 Å². The minimum absolute atomic E-state index is 0.0632. The van der Waals surface area contributed by atoms with Gasteiger partial charge in [-0.05, 0) is 63.1 Å². The van der Waals surface area contributed by atoms with Crippen LogP contribution < -0.4 is 5.32 Å². The number of rotatable bonds is 13. The van der Waals surface area contributed by atoms with E-state index in [0.717, 1.165) is 5.56 Å². The maximum atomic E-state index is 15.9. The van der Waals surface area contributed by atoms with Gasteiger partial charge in [0.05, 0.1) is 42.8 Å². The van der Waals surface area contributed by atoms with Gasteiger partial charge in [0, 0.05) is 38.0 Å². The highest BCUT2D eigenvalue weighted by Crippen LogP contribution is 2.65. The fourth-order valence-electron chi connectivity index (χ4n) is 10.2. The molecule has 16 heteroatoms. The lowest BCUT2D eigenvalue weighted by Gasteiger charge is -2.68. The van der Waals surface area contributed by atoms with Crippen LogP contribution in [0.25, 0.3) is 0 Å². The van der Waals surface area contributed by atoms with Crippen LogP contribution in [-0.2, 0) is 58.9 Å². The molecule has 2 aromatic rings. The second-order valence-electron chi connectivity index (χ2n) is 18.7. The number of hydrogen-bond acceptors (Lipinski definition) is 15. The maximum Gasteiger partial charge on any atom is 0.408 e. The Morgan fingerprint density at radius 3 is 2.14 bits per heavy atom. The van der Waals surface area contributed by atoms with E-state index in [2.05, 4.69) is 5.32 Å². The van der Waals surface area contributed by atoms with Crippen LogP contribution in [0.1, 0.15) is 92.3 Å². The highest BCUT2D eigenvalue weighted by atomic mass is 32.2. The monoisotopic (exact) mass is 895 g/mol. The number of carbonyl (C=O) groups excluding carboxylic acids is 5. The molecule has 1 heterocycles. The quantitative estimate of drug-likeness (QED) is 0.0979. The van der Waals surface area contributed by atoms with E-state index in [1.54, 1.807) is 78.8 Å². The lowest BCUT2D eigenvalue weighted by molar-refractivity contribution is -0.353. The molecular formula is C47H61NO14S. The summed E-state index contributed by atoms with van der Waals surface area (Å²) in [7, 11) is 0. The van der Waals surface area contributed by atoms with E-state index < -0.39 is 106 Å². The van der Waals surface area contributed by atoms with Crippen molar-refractivity contribution in [1.82, 2.24) is 5.32 Å². The number of ether oxygens (including phenoxy) is 7. The minimum Gasteiger partial charge on any atom is -0.456 e. The number of esters is 3. The number of benzene rings is 2. The normalized spacial score (nSPS) is 32.0. The summed E-state index contributed by atoms with van der Waals surface area (Å²) >= 11 is 1.39. The molecule has 344 valence electrons. The van der Waals surface area contributed by atoms with Crippen molar-refractivity contribution in [3.8, 4) is 0 Å². The molecule has 3 fully saturated rings. The van der Waals surface area contributed by atoms with Gasteiger partial charge in [-0.25, -0.2) is 9.59 Å². The van der Waals surface area contributed by atoms with Crippen LogP contribution in [0.15, 0.2) is 71.8 Å². The predicted molar refractivity (Wildman–Crippen MR) is 230 cm³/mol. The summed E-state index contributed by atoms with van der Waals surface area (Å²) in [6.07, 6.45) is -7.36. The summed E-state index contributed by atoms with van der Waals surface area (Å²) in [6, 6.07) is 16.2. The Labute approximate surface area is 372 Å². The highest BCUT2D eigenvalue weighted by Gasteiger charge is 2.78. The minimum atomic E-state index is -2.11. The number of amides is 1. The van der Waals surface area contributed by atoms with Crippen molar-refractivity contribution >= 4 is 41.5 Å². The topological polar surface area (TPSA) is 202 Å². The molecule has 6 rings (SSSR count). The van der Waals surface area contributed by atoms with E-state index in [-0.39, 0.29) is 37.6 Å². The number of hydrogen-bond donors (Lipinski definition) is 3. The Kier molecular flexibility index (Phi) is 14.0. The molecule has 63 heavy (non-hydrogen) atoms. The smallest absolute Gasteiger partial charge is 0.408 e. The van der Waals surface area contributed by atoms with Crippen LogP contribution in [0.5, 0.6) is 0 Å². The third kappa shape index (κ3) is 9.04. The van der Waals surface area contributed by atoms with Gasteiger partial charge in [0.2, 0.25) is 0 Å². The molecule has 0 spiro atoms. The second kappa shape index (κ2) is 18.3. The Morgan fingerprint density at radius 1 is 0.952 bits per heavy atom. The zero-order chi connectivity index (χ0) is 46.3. The van der Waals surface area contributed by atoms with Gasteiger partial charge in [0.25, 0.3) is 0 Å². The molecule has 2 aromatic carbocycles. The molecule has 15 nitrogen and oxygen atoms in total. The number of ketones is 1. The van der Waals surface area contributed by atoms with Gasteiger partial charge in [0.15, 0.2) is 23.6 Å². The Bertz CT molecular complexity index is 2070. The van der Waals surface area contributed by atoms with E-state index in [4.69, 9.17) is 33.2 Å². The van der Waals surface area contributed by atoms with Crippen molar-refractivity contribution in [2.24, 2.45) is 16.7 Å². The molecule has 4 aliphatic rings. The first-order valence-electron chi connectivity index (χ1n) is 21.2. The first-order chi connectivity index (χ1) is 29.5. The average molecular weight is 896 g/mol. The molecule has 1 saturated heterocycles. The maximum absolute atomic E-state index is 15.9. The summed E-state index contributed by atoms with van der Waals surface area (Å²) in [5.74, 6) is -4.24. The molecule has 1 aliphatic heterocycles. The number of aliphatic hydroxyl groups is 2. The number of thioether (sulfide) groups is 1. The summed E-state index contributed by atoms with van der Waals surface area (Å²) < 4.78 is 43.5. The first-order valence-corrected chi connectivity index (χ1v) is 22.6. The summed E-state index contributed by atoms with van der Waals surface area (Å²) in [5.41, 5.74) is -6.12. The zero-order valence-electron chi connectivity index (χ0n) is 37.6. The summed E-state index contributed by atoms with van der Waals surface area (Å²) in [4.78, 5) is 69.6. The lowest BCUT2D eigenvalue weighted by Crippen LogP contribution is -2.82. The largest absolute Gasteiger partial charge is 0.456 e. The molecule has 2 unspecified atom stereocenters. The second-order valence-corrected chi connectivity index (χ2v) is 19.5. The van der Waals surface area contributed by atoms with E-state index in [0.29, 0.717) is 11.1 Å². The fraction of sp³-hybridized carbons (Fsp3) is 0.596. The molecule has 3 N–H and O–H groups in total. The summed E-state index contributed by atoms with van der Waals surface area (Å²) in [6.45, 7) is 14.0. The van der Waals surface area contributed by atoms with Gasteiger partial charge in [-0.3, -0.25) is 14.4 Å². The number of aliphatic hydroxyl groups excluding tert-OH is 1. The van der Waals surface area contributed by atoms with Crippen LogP contribution in [0.4, 0.5) is 4.79 Å². The number of Topliss-reactive ketones (excluding diaryl/α,β-unsaturated/α-hetero) is 1. The molecule has 2 bridgehead atoms. The molecule has 0 aromatic heterocycles. The number of carbonyl (C=O) groups is 5. The molecule has 3 aliphatic carbocycles. The molecule has 1 amide bonds. The van der Waals surface area contributed by atoms with E-state index in [1.807, 2.05) is 36.6 Å². The van der Waals surface area contributed by atoms with Crippen LogP contribution in [-0.4, -0.2) is 112 Å². The van der Waals surface area contributed by atoms with Gasteiger partial charge in [-0.15, -0.1) is 11.8 Å². The standard InChI is InChI=1S/C47H61NO14S/c1-26-31(60-41(53)36(51)35(30-19-15-12-16-20-30)48-42(54)62-43(4,5)6)22-47(55)40(56-23-29-17-13-11-14-18-29)38-45(9,39(52)37(59-27(2)49)34(26)44(47,7)8)32(58-25-63-10)21-33-46(38,24-57-33)61-28(3)50/h11-20,31-33,35-38,40,51,55H,21-25H2,1-10H3,(H,48,54)/t31?,32-,33+,35-,36+,37+,38?,40-,45+,46-,47+/m0/s1. The van der Waals surface area contributed by atoms with Crippen molar-refractivity contribution in [3.63, 3.8) is 0 Å². The van der Waals surface area contributed by atoms with Crippen LogP contribution in [0.3, 0.4) is 0 Å². The van der Waals surface area contributed by atoms with E-state index in [9.17, 15) is 29.4 Å². The SMILES string of the molecule is CSCO[C@H]1C[C@H]2OC[C@@]2(OC(C)=O)C2[C@H](OCc3ccccc3)[C@]3(O)CC(OC(=O)[C@H](O)[C@@H](NC(=O)OC(C)(C)C)c4ccccc4)C(C)=C([C@@H](OC(C)=O)C(=O)[C@@]21C)C3(C)C. The van der Waals surface area contributed by atoms with Gasteiger partial charge in [-0.2, -0.15) is 0 Å². The van der Waals surface area contributed by atoms with Crippen LogP contribution in [0.2, 0.25) is 0 Å². The van der Waals surface area contributed by atoms with Crippen molar-refractivity contribution < 1.29 is 67.3 Å². The third-order valence-corrected chi connectivity index (χ3v) is 13.6. The molecular weight excluding hydrogens is 835 g/mol. The van der Waals surface area contributed by atoms with Crippen molar-refractivity contribution in [3.05, 3.63) is 82.9 Å². The number of fused-ring (bicyclic) bond motifs is 5. The van der Waals surface area contributed by atoms with Gasteiger partial charge in [0.1, 0.15) is 23.4 Å². The highest BCUT2D eigenvalue weighted by molar-refractivity contribution is 7.98. The Balaban J connectivity index is 1.54. The first kappa shape index (κ1) is 48.1. The van der Waals surface area contributed by atoms with Gasteiger partial charge in [-0.1, -0.05) is 74.5 Å². The predicted octanol–water partition coefficient (Wildman–Crippen LogP) is 5.54. The third-order valence-electron chi connectivity index (χ3n) is 13.2. The Hall–Kier alpha value is -4.32. The zero-order valence-corrected chi connectivity index (χ0v) is 38.4. The van der Waals surface area contributed by atoms with Crippen LogP contribution >= 0.6 is 11.8 Å². The molecule has 2 saturated carbocycles. The van der Waals surface area contributed by atoms with Gasteiger partial charge < -0.3 is 48.7 Å². The van der Waals surface area contributed by atoms with Crippen molar-refractivity contribution in [2.75, 3.05) is 18.8 Å². The molecule has 0 radical (unpaired) electrons. The lowest BCUT2D eigenvalue weighted by atomic mass is 9.44. The van der Waals surface area contributed by atoms with Crippen LogP contribution in [0, 0.1) is 16.7 Å². The number of nitrogens with one attached hydrogen (secondary N) is 1. The fourth-order valence-corrected chi connectivity index (χ4v) is 10.5. The van der Waals surface area contributed by atoms with Gasteiger partial charge >= 0.3 is 24.0 Å². The van der Waals surface area contributed by atoms with Crippen molar-refractivity contribution in [1.29, 1.82) is 0 Å². The Morgan fingerprint density at radius 2 is 1.59 bits per heavy atom. The molecule has 11 atom stereocenters. The average Bonchev–Trinajstić information content (AvgIpc) is 3.20. The van der Waals surface area contributed by atoms with E-state index >= 15 is 4.79 Å². The number of alkyl carbamates (subject to hydrolysis) is 1. The van der Waals surface area contributed by atoms with Crippen molar-refractivity contribution in [2.45, 2.75) is 141 Å².